The van der Waals surface area contributed by atoms with Gasteiger partial charge < -0.3 is 0 Å². The lowest BCUT2D eigenvalue weighted by Gasteiger charge is -2.28. The second-order valence-electron chi connectivity index (χ2n) is 4.65. The maximum absolute atomic E-state index is 4.70. The largest absolute Gasteiger partial charge is 0.175 e. The zero-order chi connectivity index (χ0) is 10.7. The summed E-state index contributed by atoms with van der Waals surface area (Å²) >= 11 is 4.70. The van der Waals surface area contributed by atoms with Gasteiger partial charge in [-0.05, 0) is 43.6 Å². The Kier molecular flexibility index (Phi) is 4.31. The summed E-state index contributed by atoms with van der Waals surface area (Å²) in [7, 11) is 0. The van der Waals surface area contributed by atoms with Gasteiger partial charge in [-0.25, -0.2) is 0 Å². The van der Waals surface area contributed by atoms with E-state index in [0.29, 0.717) is 11.2 Å². The Morgan fingerprint density at radius 1 is 1.43 bits per heavy atom. The lowest BCUT2D eigenvalue weighted by Crippen LogP contribution is -2.19. The van der Waals surface area contributed by atoms with E-state index in [1.54, 1.807) is 0 Å². The van der Waals surface area contributed by atoms with Crippen LogP contribution in [0.1, 0.15) is 40.0 Å². The summed E-state index contributed by atoms with van der Waals surface area (Å²) in [5.41, 5.74) is 2.94. The summed E-state index contributed by atoms with van der Waals surface area (Å²) in [5.74, 6) is 1.39. The van der Waals surface area contributed by atoms with Crippen LogP contribution in [-0.4, -0.2) is 5.25 Å². The predicted molar refractivity (Wildman–Crippen MR) is 67.9 cm³/mol. The molecule has 3 atom stereocenters. The number of rotatable bonds is 1. The van der Waals surface area contributed by atoms with Gasteiger partial charge in [-0.2, -0.15) is 12.6 Å². The van der Waals surface area contributed by atoms with Gasteiger partial charge in [0.05, 0.1) is 0 Å². The van der Waals surface area contributed by atoms with E-state index in [0.717, 1.165) is 5.92 Å². The fourth-order valence-electron chi connectivity index (χ4n) is 2.18. The van der Waals surface area contributed by atoms with Crippen LogP contribution in [0.25, 0.3) is 0 Å². The summed E-state index contributed by atoms with van der Waals surface area (Å²) in [6, 6.07) is 0. The molecule has 0 N–H and O–H groups in total. The van der Waals surface area contributed by atoms with Gasteiger partial charge >= 0.3 is 0 Å². The maximum atomic E-state index is 4.70. The molecule has 3 unspecified atom stereocenters. The molecule has 0 amide bonds. The normalized spacial score (nSPS) is 40.1. The fourth-order valence-corrected chi connectivity index (χ4v) is 2.76. The molecule has 0 radical (unpaired) electrons. The molecule has 0 heterocycles. The van der Waals surface area contributed by atoms with E-state index >= 15 is 0 Å². The van der Waals surface area contributed by atoms with E-state index < -0.39 is 0 Å². The van der Waals surface area contributed by atoms with Gasteiger partial charge in [0.15, 0.2) is 0 Å². The van der Waals surface area contributed by atoms with Gasteiger partial charge in [0, 0.05) is 5.25 Å². The van der Waals surface area contributed by atoms with E-state index in [9.17, 15) is 0 Å². The Labute approximate surface area is 93.9 Å². The second kappa shape index (κ2) is 5.06. The Bertz CT molecular complexity index is 240. The molecule has 0 spiro atoms. The van der Waals surface area contributed by atoms with Crippen LogP contribution in [0.15, 0.2) is 23.8 Å². The smallest absolute Gasteiger partial charge is 0.00822 e. The zero-order valence-corrected chi connectivity index (χ0v) is 10.5. The van der Waals surface area contributed by atoms with E-state index in [1.807, 2.05) is 6.08 Å². The van der Waals surface area contributed by atoms with Crippen molar-refractivity contribution in [3.05, 3.63) is 23.8 Å². The van der Waals surface area contributed by atoms with Crippen molar-refractivity contribution in [3.8, 4) is 0 Å². The van der Waals surface area contributed by atoms with Gasteiger partial charge in [-0.3, -0.25) is 0 Å². The molecule has 0 aromatic carbocycles. The zero-order valence-electron chi connectivity index (χ0n) is 9.59. The summed E-state index contributed by atoms with van der Waals surface area (Å²) in [6.07, 6.45) is 5.75. The first-order valence-electron chi connectivity index (χ1n) is 5.56. The van der Waals surface area contributed by atoms with E-state index in [2.05, 4.69) is 27.4 Å². The van der Waals surface area contributed by atoms with Crippen molar-refractivity contribution >= 4 is 12.6 Å². The van der Waals surface area contributed by atoms with Crippen molar-refractivity contribution in [1.82, 2.24) is 0 Å². The van der Waals surface area contributed by atoms with Gasteiger partial charge in [0.1, 0.15) is 0 Å². The Morgan fingerprint density at radius 2 is 2.07 bits per heavy atom. The van der Waals surface area contributed by atoms with E-state index in [-0.39, 0.29) is 0 Å². The SMILES string of the molecule is C=C/C1=C(/C)C(C)C(S)CC(C)CC1. The summed E-state index contributed by atoms with van der Waals surface area (Å²) in [6.45, 7) is 10.8. The number of hydrogen-bond donors (Lipinski definition) is 1. The van der Waals surface area contributed by atoms with Crippen molar-refractivity contribution in [2.24, 2.45) is 11.8 Å². The third-order valence-corrected chi connectivity index (χ3v) is 4.22. The molecule has 0 aromatic rings. The maximum Gasteiger partial charge on any atom is 0.00822 e. The van der Waals surface area contributed by atoms with Gasteiger partial charge in [-0.15, -0.1) is 0 Å². The average molecular weight is 210 g/mol. The predicted octanol–water partition coefficient (Wildman–Crippen LogP) is 4.24. The lowest BCUT2D eigenvalue weighted by atomic mass is 9.83. The van der Waals surface area contributed by atoms with Crippen LogP contribution < -0.4 is 0 Å². The highest BCUT2D eigenvalue weighted by atomic mass is 32.1. The molecule has 0 saturated carbocycles. The Balaban J connectivity index is 2.91. The number of thiol groups is 1. The Hall–Kier alpha value is -0.170. The molecule has 80 valence electrons. The van der Waals surface area contributed by atoms with Crippen molar-refractivity contribution in [3.63, 3.8) is 0 Å². The minimum absolute atomic E-state index is 0.514. The molecular formula is C13H22S. The molecule has 0 nitrogen and oxygen atoms in total. The van der Waals surface area contributed by atoms with E-state index in [4.69, 9.17) is 12.6 Å². The Morgan fingerprint density at radius 3 is 2.64 bits per heavy atom. The minimum atomic E-state index is 0.514. The average Bonchev–Trinajstić information content (AvgIpc) is 2.15. The first-order valence-corrected chi connectivity index (χ1v) is 6.08. The van der Waals surface area contributed by atoms with Crippen LogP contribution in [-0.2, 0) is 0 Å². The van der Waals surface area contributed by atoms with Crippen molar-refractivity contribution < 1.29 is 0 Å². The lowest BCUT2D eigenvalue weighted by molar-refractivity contribution is 0.433. The van der Waals surface area contributed by atoms with Crippen LogP contribution in [0, 0.1) is 11.8 Å². The summed E-state index contributed by atoms with van der Waals surface area (Å²) in [4.78, 5) is 0. The number of hydrogen-bond acceptors (Lipinski definition) is 1. The molecule has 1 rings (SSSR count). The van der Waals surface area contributed by atoms with E-state index in [1.165, 1.54) is 30.4 Å². The molecule has 14 heavy (non-hydrogen) atoms. The first-order chi connectivity index (χ1) is 6.56. The first kappa shape index (κ1) is 11.9. The second-order valence-corrected chi connectivity index (χ2v) is 5.31. The molecule has 0 saturated heterocycles. The third kappa shape index (κ3) is 2.66. The van der Waals surface area contributed by atoms with Crippen LogP contribution >= 0.6 is 12.6 Å². The quantitative estimate of drug-likeness (QED) is 0.615. The van der Waals surface area contributed by atoms with Gasteiger partial charge in [-0.1, -0.05) is 32.1 Å². The summed E-state index contributed by atoms with van der Waals surface area (Å²) < 4.78 is 0. The molecule has 0 fully saturated rings. The van der Waals surface area contributed by atoms with Crippen LogP contribution in [0.2, 0.25) is 0 Å². The minimum Gasteiger partial charge on any atom is -0.175 e. The highest BCUT2D eigenvalue weighted by Gasteiger charge is 2.21. The number of allylic oxidation sites excluding steroid dienone is 3. The molecule has 1 aliphatic carbocycles. The highest BCUT2D eigenvalue weighted by Crippen LogP contribution is 2.33. The van der Waals surface area contributed by atoms with Crippen molar-refractivity contribution in [1.29, 1.82) is 0 Å². The molecule has 1 aliphatic rings. The fraction of sp³-hybridized carbons (Fsp3) is 0.692. The van der Waals surface area contributed by atoms with Crippen LogP contribution in [0.4, 0.5) is 0 Å². The van der Waals surface area contributed by atoms with Crippen LogP contribution in [0.3, 0.4) is 0 Å². The molecule has 1 heteroatoms. The third-order valence-electron chi connectivity index (χ3n) is 3.56. The van der Waals surface area contributed by atoms with Gasteiger partial charge in [0.25, 0.3) is 0 Å². The molecular weight excluding hydrogens is 188 g/mol. The monoisotopic (exact) mass is 210 g/mol. The van der Waals surface area contributed by atoms with Gasteiger partial charge in [0.2, 0.25) is 0 Å². The summed E-state index contributed by atoms with van der Waals surface area (Å²) in [5, 5.41) is 0.514. The van der Waals surface area contributed by atoms with Crippen molar-refractivity contribution in [2.45, 2.75) is 45.3 Å². The molecule has 0 bridgehead atoms. The van der Waals surface area contributed by atoms with Crippen molar-refractivity contribution in [2.75, 3.05) is 0 Å². The molecule has 0 aromatic heterocycles. The standard InChI is InChI=1S/C13H22S/c1-5-12-7-6-9(2)8-13(14)11(4)10(12)3/h5,9,11,13-14H,1,6-8H2,2-4H3/b12-10+. The van der Waals surface area contributed by atoms with Crippen LogP contribution in [0.5, 0.6) is 0 Å². The highest BCUT2D eigenvalue weighted by molar-refractivity contribution is 7.81. The molecule has 0 aliphatic heterocycles. The topological polar surface area (TPSA) is 0 Å².